The summed E-state index contributed by atoms with van der Waals surface area (Å²) in [5.74, 6) is -0.106. The maximum atomic E-state index is 12.3. The van der Waals surface area contributed by atoms with Gasteiger partial charge in [-0.1, -0.05) is 6.07 Å². The number of carbonyl (C=O) groups excluding carboxylic acids is 1. The van der Waals surface area contributed by atoms with Gasteiger partial charge in [0.1, 0.15) is 0 Å². The van der Waals surface area contributed by atoms with Crippen molar-refractivity contribution in [1.29, 1.82) is 0 Å². The molecule has 1 aliphatic heterocycles. The van der Waals surface area contributed by atoms with Gasteiger partial charge in [-0.05, 0) is 58.2 Å². The molecule has 1 amide bonds. The van der Waals surface area contributed by atoms with Gasteiger partial charge < -0.3 is 10.6 Å². The number of anilines is 1. The quantitative estimate of drug-likeness (QED) is 0.889. The van der Waals surface area contributed by atoms with Crippen LogP contribution in [0.5, 0.6) is 0 Å². The SMILES string of the molecule is O=C(Nc1ccncc1Br)c1ccc2c(c1)CNCC2. The van der Waals surface area contributed by atoms with E-state index in [0.29, 0.717) is 5.56 Å². The van der Waals surface area contributed by atoms with Gasteiger partial charge in [0.05, 0.1) is 10.2 Å². The monoisotopic (exact) mass is 331 g/mol. The molecule has 102 valence electrons. The Morgan fingerprint density at radius 3 is 3.05 bits per heavy atom. The fraction of sp³-hybridized carbons (Fsp3) is 0.200. The molecule has 20 heavy (non-hydrogen) atoms. The first-order chi connectivity index (χ1) is 9.74. The molecule has 0 radical (unpaired) electrons. The van der Waals surface area contributed by atoms with Gasteiger partial charge in [0.15, 0.2) is 0 Å². The Labute approximate surface area is 125 Å². The van der Waals surface area contributed by atoms with Crippen LogP contribution in [-0.4, -0.2) is 17.4 Å². The first-order valence-corrected chi connectivity index (χ1v) is 7.27. The summed E-state index contributed by atoms with van der Waals surface area (Å²) in [7, 11) is 0. The van der Waals surface area contributed by atoms with Crippen molar-refractivity contribution in [3.8, 4) is 0 Å². The number of nitrogens with zero attached hydrogens (tertiary/aromatic N) is 1. The van der Waals surface area contributed by atoms with Crippen LogP contribution in [0, 0.1) is 0 Å². The van der Waals surface area contributed by atoms with Crippen molar-refractivity contribution in [2.24, 2.45) is 0 Å². The molecule has 0 bridgehead atoms. The minimum atomic E-state index is -0.106. The maximum absolute atomic E-state index is 12.3. The molecule has 4 nitrogen and oxygen atoms in total. The Hall–Kier alpha value is -1.72. The van der Waals surface area contributed by atoms with Crippen LogP contribution in [0.1, 0.15) is 21.5 Å². The van der Waals surface area contributed by atoms with Crippen LogP contribution >= 0.6 is 15.9 Å². The Kier molecular flexibility index (Phi) is 3.80. The van der Waals surface area contributed by atoms with Crippen molar-refractivity contribution in [2.75, 3.05) is 11.9 Å². The van der Waals surface area contributed by atoms with E-state index < -0.39 is 0 Å². The molecule has 3 rings (SSSR count). The Balaban J connectivity index is 1.82. The summed E-state index contributed by atoms with van der Waals surface area (Å²) in [5, 5.41) is 6.21. The number of benzene rings is 1. The molecular formula is C15H14BrN3O. The fourth-order valence-corrected chi connectivity index (χ4v) is 2.64. The zero-order chi connectivity index (χ0) is 13.9. The summed E-state index contributed by atoms with van der Waals surface area (Å²) in [6.45, 7) is 1.83. The number of nitrogens with one attached hydrogen (secondary N) is 2. The molecule has 0 atom stereocenters. The summed E-state index contributed by atoms with van der Waals surface area (Å²) >= 11 is 3.37. The molecule has 1 aromatic heterocycles. The van der Waals surface area contributed by atoms with Crippen molar-refractivity contribution in [2.45, 2.75) is 13.0 Å². The van der Waals surface area contributed by atoms with E-state index in [-0.39, 0.29) is 5.91 Å². The lowest BCUT2D eigenvalue weighted by Crippen LogP contribution is -2.24. The minimum Gasteiger partial charge on any atom is -0.321 e. The summed E-state index contributed by atoms with van der Waals surface area (Å²) in [6, 6.07) is 7.66. The Morgan fingerprint density at radius 2 is 2.20 bits per heavy atom. The number of hydrogen-bond acceptors (Lipinski definition) is 3. The molecule has 5 heteroatoms. The highest BCUT2D eigenvalue weighted by atomic mass is 79.9. The highest BCUT2D eigenvalue weighted by Gasteiger charge is 2.13. The lowest BCUT2D eigenvalue weighted by Gasteiger charge is -2.17. The molecule has 0 saturated carbocycles. The summed E-state index contributed by atoms with van der Waals surface area (Å²) in [5.41, 5.74) is 3.93. The van der Waals surface area contributed by atoms with E-state index in [2.05, 4.69) is 31.5 Å². The van der Waals surface area contributed by atoms with E-state index in [1.165, 1.54) is 11.1 Å². The third-order valence-electron chi connectivity index (χ3n) is 3.38. The van der Waals surface area contributed by atoms with E-state index in [1.54, 1.807) is 18.5 Å². The number of fused-ring (bicyclic) bond motifs is 1. The average Bonchev–Trinajstić information content (AvgIpc) is 2.49. The second-order valence-electron chi connectivity index (χ2n) is 4.72. The van der Waals surface area contributed by atoms with E-state index in [0.717, 1.165) is 29.7 Å². The van der Waals surface area contributed by atoms with Gasteiger partial charge in [0, 0.05) is 24.5 Å². The maximum Gasteiger partial charge on any atom is 0.255 e. The van der Waals surface area contributed by atoms with Gasteiger partial charge in [-0.2, -0.15) is 0 Å². The van der Waals surface area contributed by atoms with Crippen LogP contribution in [0.3, 0.4) is 0 Å². The van der Waals surface area contributed by atoms with Crippen LogP contribution in [0.15, 0.2) is 41.1 Å². The molecule has 0 unspecified atom stereocenters. The third-order valence-corrected chi connectivity index (χ3v) is 4.01. The molecule has 0 saturated heterocycles. The normalized spacial score (nSPS) is 13.7. The van der Waals surface area contributed by atoms with Crippen LogP contribution in [-0.2, 0) is 13.0 Å². The lowest BCUT2D eigenvalue weighted by molar-refractivity contribution is 0.102. The molecule has 0 spiro atoms. The van der Waals surface area contributed by atoms with Crippen molar-refractivity contribution >= 4 is 27.5 Å². The van der Waals surface area contributed by atoms with Crippen LogP contribution in [0.4, 0.5) is 5.69 Å². The smallest absolute Gasteiger partial charge is 0.255 e. The van der Waals surface area contributed by atoms with Gasteiger partial charge in [0.2, 0.25) is 0 Å². The molecule has 2 heterocycles. The first kappa shape index (κ1) is 13.3. The molecule has 1 aromatic carbocycles. The highest BCUT2D eigenvalue weighted by molar-refractivity contribution is 9.10. The topological polar surface area (TPSA) is 54.0 Å². The lowest BCUT2D eigenvalue weighted by atomic mass is 9.98. The molecular weight excluding hydrogens is 318 g/mol. The second kappa shape index (κ2) is 5.73. The molecule has 2 aromatic rings. The summed E-state index contributed by atoms with van der Waals surface area (Å²) in [4.78, 5) is 16.3. The van der Waals surface area contributed by atoms with E-state index in [4.69, 9.17) is 0 Å². The van der Waals surface area contributed by atoms with Crippen LogP contribution < -0.4 is 10.6 Å². The number of carbonyl (C=O) groups is 1. The largest absolute Gasteiger partial charge is 0.321 e. The Morgan fingerprint density at radius 1 is 1.30 bits per heavy atom. The van der Waals surface area contributed by atoms with E-state index >= 15 is 0 Å². The number of rotatable bonds is 2. The summed E-state index contributed by atoms with van der Waals surface area (Å²) < 4.78 is 0.771. The number of aromatic nitrogens is 1. The van der Waals surface area contributed by atoms with E-state index in [1.807, 2.05) is 18.2 Å². The number of halogens is 1. The van der Waals surface area contributed by atoms with Crippen LogP contribution in [0.25, 0.3) is 0 Å². The second-order valence-corrected chi connectivity index (χ2v) is 5.57. The third kappa shape index (κ3) is 2.73. The van der Waals surface area contributed by atoms with Gasteiger partial charge in [0.25, 0.3) is 5.91 Å². The molecule has 1 aliphatic rings. The first-order valence-electron chi connectivity index (χ1n) is 6.47. The predicted molar refractivity (Wildman–Crippen MR) is 81.7 cm³/mol. The summed E-state index contributed by atoms with van der Waals surface area (Å²) in [6.07, 6.45) is 4.33. The predicted octanol–water partition coefficient (Wildman–Crippen LogP) is 2.74. The van der Waals surface area contributed by atoms with Crippen molar-refractivity contribution in [1.82, 2.24) is 10.3 Å². The fourth-order valence-electron chi connectivity index (χ4n) is 2.29. The number of pyridine rings is 1. The van der Waals surface area contributed by atoms with Gasteiger partial charge >= 0.3 is 0 Å². The number of amides is 1. The minimum absolute atomic E-state index is 0.106. The van der Waals surface area contributed by atoms with Gasteiger partial charge in [-0.3, -0.25) is 9.78 Å². The standard InChI is InChI=1S/C15H14BrN3O/c16-13-9-18-6-4-14(13)19-15(20)11-2-1-10-3-5-17-8-12(10)7-11/h1-2,4,6-7,9,17H,3,5,8H2,(H,18,19,20). The zero-order valence-corrected chi connectivity index (χ0v) is 12.4. The van der Waals surface area contributed by atoms with E-state index in [9.17, 15) is 4.79 Å². The van der Waals surface area contributed by atoms with Gasteiger partial charge in [-0.25, -0.2) is 0 Å². The van der Waals surface area contributed by atoms with Gasteiger partial charge in [-0.15, -0.1) is 0 Å². The average molecular weight is 332 g/mol. The van der Waals surface area contributed by atoms with Crippen molar-refractivity contribution in [3.63, 3.8) is 0 Å². The van der Waals surface area contributed by atoms with Crippen molar-refractivity contribution < 1.29 is 4.79 Å². The Bertz CT molecular complexity index is 657. The molecule has 0 fully saturated rings. The highest BCUT2D eigenvalue weighted by Crippen LogP contribution is 2.22. The number of hydrogen-bond donors (Lipinski definition) is 2. The van der Waals surface area contributed by atoms with Crippen LogP contribution in [0.2, 0.25) is 0 Å². The van der Waals surface area contributed by atoms with Crippen molar-refractivity contribution in [3.05, 3.63) is 57.8 Å². The molecule has 0 aliphatic carbocycles. The molecule has 2 N–H and O–H groups in total. The zero-order valence-electron chi connectivity index (χ0n) is 10.8.